The molecule has 0 atom stereocenters. The zero-order chi connectivity index (χ0) is 12.5. The number of thiol groups is 1. The Morgan fingerprint density at radius 2 is 1.94 bits per heavy atom. The molecule has 0 unspecified atom stereocenters. The minimum absolute atomic E-state index is 0.0201. The van der Waals surface area contributed by atoms with Crippen LogP contribution in [-0.4, -0.2) is 16.7 Å². The number of esters is 1. The van der Waals surface area contributed by atoms with Crippen LogP contribution in [0, 0.1) is 6.92 Å². The summed E-state index contributed by atoms with van der Waals surface area (Å²) in [7, 11) is 0. The van der Waals surface area contributed by atoms with E-state index in [0.717, 1.165) is 0 Å². The van der Waals surface area contributed by atoms with Gasteiger partial charge in [-0.2, -0.15) is 0 Å². The van der Waals surface area contributed by atoms with E-state index in [2.05, 4.69) is 12.6 Å². The van der Waals surface area contributed by atoms with Crippen molar-refractivity contribution in [3.8, 4) is 5.75 Å². The normalized spacial score (nSPS) is 11.3. The molecule has 0 radical (unpaired) electrons. The van der Waals surface area contributed by atoms with Crippen LogP contribution >= 0.6 is 12.6 Å². The van der Waals surface area contributed by atoms with Gasteiger partial charge >= 0.3 is 5.97 Å². The lowest BCUT2D eigenvalue weighted by Crippen LogP contribution is -2.24. The van der Waals surface area contributed by atoms with E-state index < -0.39 is 11.6 Å². The Hall–Kier alpha value is -1.16. The second kappa shape index (κ2) is 4.37. The molecule has 0 aromatic heterocycles. The van der Waals surface area contributed by atoms with Gasteiger partial charge in [0.2, 0.25) is 0 Å². The van der Waals surface area contributed by atoms with Crippen molar-refractivity contribution in [1.29, 1.82) is 0 Å². The van der Waals surface area contributed by atoms with Gasteiger partial charge in [0.05, 0.1) is 5.56 Å². The quantitative estimate of drug-likeness (QED) is 0.586. The van der Waals surface area contributed by atoms with Gasteiger partial charge in [-0.3, -0.25) is 0 Å². The molecule has 1 N–H and O–H groups in total. The number of phenolic OH excluding ortho intramolecular Hbond substituents is 1. The van der Waals surface area contributed by atoms with Gasteiger partial charge in [-0.25, -0.2) is 4.79 Å². The fourth-order valence-corrected chi connectivity index (χ4v) is 1.48. The number of rotatable bonds is 1. The first-order valence-corrected chi connectivity index (χ1v) is 5.42. The molecule has 0 aliphatic rings. The summed E-state index contributed by atoms with van der Waals surface area (Å²) in [6.07, 6.45) is 0. The smallest absolute Gasteiger partial charge is 0.339 e. The number of carbonyl (C=O) groups excluding carboxylic acids is 1. The fraction of sp³-hybridized carbons (Fsp3) is 0.417. The summed E-state index contributed by atoms with van der Waals surface area (Å²) < 4.78 is 5.22. The predicted molar refractivity (Wildman–Crippen MR) is 65.3 cm³/mol. The molecule has 0 amide bonds. The van der Waals surface area contributed by atoms with Crippen LogP contribution in [0.25, 0.3) is 0 Å². The topological polar surface area (TPSA) is 46.5 Å². The Morgan fingerprint density at radius 3 is 2.44 bits per heavy atom. The van der Waals surface area contributed by atoms with E-state index in [1.54, 1.807) is 39.8 Å². The van der Waals surface area contributed by atoms with Crippen molar-refractivity contribution >= 4 is 18.6 Å². The molecule has 0 heterocycles. The van der Waals surface area contributed by atoms with Gasteiger partial charge in [-0.1, -0.05) is 0 Å². The van der Waals surface area contributed by atoms with Crippen molar-refractivity contribution < 1.29 is 14.6 Å². The molecule has 0 aliphatic carbocycles. The molecule has 0 saturated carbocycles. The molecule has 1 aromatic rings. The third kappa shape index (κ3) is 2.92. The van der Waals surface area contributed by atoms with Crippen LogP contribution in [0.3, 0.4) is 0 Å². The van der Waals surface area contributed by atoms with E-state index in [9.17, 15) is 9.90 Å². The van der Waals surface area contributed by atoms with E-state index in [1.807, 2.05) is 0 Å². The summed E-state index contributed by atoms with van der Waals surface area (Å²) in [5.74, 6) is -0.416. The molecule has 88 valence electrons. The van der Waals surface area contributed by atoms with Crippen LogP contribution in [0.5, 0.6) is 5.75 Å². The largest absolute Gasteiger partial charge is 0.506 e. The summed E-state index contributed by atoms with van der Waals surface area (Å²) >= 11 is 4.07. The zero-order valence-electron chi connectivity index (χ0n) is 9.87. The average molecular weight is 240 g/mol. The molecule has 0 fully saturated rings. The Morgan fingerprint density at radius 1 is 1.38 bits per heavy atom. The van der Waals surface area contributed by atoms with Crippen LogP contribution in [0.1, 0.15) is 36.7 Å². The summed E-state index contributed by atoms with van der Waals surface area (Å²) in [6.45, 7) is 7.06. The van der Waals surface area contributed by atoms with E-state index in [-0.39, 0.29) is 5.75 Å². The highest BCUT2D eigenvalue weighted by atomic mass is 32.1. The van der Waals surface area contributed by atoms with Crippen molar-refractivity contribution in [1.82, 2.24) is 0 Å². The van der Waals surface area contributed by atoms with Gasteiger partial charge in [-0.15, -0.1) is 12.6 Å². The number of ether oxygens (including phenoxy) is 1. The Labute approximate surface area is 101 Å². The van der Waals surface area contributed by atoms with Crippen LogP contribution in [0.2, 0.25) is 0 Å². The molecule has 1 aromatic carbocycles. The van der Waals surface area contributed by atoms with Gasteiger partial charge in [0.15, 0.2) is 0 Å². The third-order valence-corrected chi connectivity index (χ3v) is 2.39. The second-order valence-corrected chi connectivity index (χ2v) is 5.09. The van der Waals surface area contributed by atoms with Gasteiger partial charge in [-0.05, 0) is 39.8 Å². The van der Waals surface area contributed by atoms with Crippen LogP contribution in [0.15, 0.2) is 17.0 Å². The highest BCUT2D eigenvalue weighted by Crippen LogP contribution is 2.28. The number of hydrogen-bond donors (Lipinski definition) is 2. The zero-order valence-corrected chi connectivity index (χ0v) is 10.8. The molecule has 4 heteroatoms. The molecule has 3 nitrogen and oxygen atoms in total. The summed E-state index contributed by atoms with van der Waals surface area (Å²) in [5, 5.41) is 9.65. The lowest BCUT2D eigenvalue weighted by atomic mass is 10.1. The first kappa shape index (κ1) is 12.9. The standard InChI is InChI=1S/C12H16O3S/c1-7-8(5-6-9(16)10(7)13)11(14)15-12(2,3)4/h5-6,13,16H,1-4H3. The van der Waals surface area contributed by atoms with Crippen LogP contribution in [0.4, 0.5) is 0 Å². The Balaban J connectivity index is 3.06. The molecule has 0 saturated heterocycles. The molecular formula is C12H16O3S. The fourth-order valence-electron chi connectivity index (χ4n) is 1.24. The predicted octanol–water partition coefficient (Wildman–Crippen LogP) is 2.94. The van der Waals surface area contributed by atoms with Crippen LogP contribution < -0.4 is 0 Å². The minimum atomic E-state index is -0.543. The molecule has 0 bridgehead atoms. The minimum Gasteiger partial charge on any atom is -0.506 e. The maximum absolute atomic E-state index is 11.8. The summed E-state index contributed by atoms with van der Waals surface area (Å²) in [4.78, 5) is 12.2. The van der Waals surface area contributed by atoms with E-state index >= 15 is 0 Å². The van der Waals surface area contributed by atoms with Gasteiger partial charge in [0.25, 0.3) is 0 Å². The van der Waals surface area contributed by atoms with Gasteiger partial charge in [0.1, 0.15) is 11.4 Å². The number of benzene rings is 1. The lowest BCUT2D eigenvalue weighted by Gasteiger charge is -2.20. The van der Waals surface area contributed by atoms with E-state index in [4.69, 9.17) is 4.74 Å². The lowest BCUT2D eigenvalue weighted by molar-refractivity contribution is 0.00682. The van der Waals surface area contributed by atoms with Crippen molar-refractivity contribution in [3.63, 3.8) is 0 Å². The highest BCUT2D eigenvalue weighted by Gasteiger charge is 2.20. The van der Waals surface area contributed by atoms with Crippen molar-refractivity contribution in [3.05, 3.63) is 23.3 Å². The number of hydrogen-bond acceptors (Lipinski definition) is 4. The Bertz CT molecular complexity index is 419. The first-order chi connectivity index (χ1) is 7.22. The number of carbonyl (C=O) groups is 1. The van der Waals surface area contributed by atoms with E-state index in [0.29, 0.717) is 16.0 Å². The second-order valence-electron chi connectivity index (χ2n) is 4.61. The van der Waals surface area contributed by atoms with E-state index in [1.165, 1.54) is 0 Å². The number of aromatic hydroxyl groups is 1. The highest BCUT2D eigenvalue weighted by molar-refractivity contribution is 7.80. The maximum Gasteiger partial charge on any atom is 0.339 e. The third-order valence-electron chi connectivity index (χ3n) is 2.03. The van der Waals surface area contributed by atoms with Crippen molar-refractivity contribution in [2.75, 3.05) is 0 Å². The molecule has 0 aliphatic heterocycles. The molecular weight excluding hydrogens is 224 g/mol. The SMILES string of the molecule is Cc1c(C(=O)OC(C)(C)C)ccc(S)c1O. The molecule has 1 rings (SSSR count). The van der Waals surface area contributed by atoms with Crippen molar-refractivity contribution in [2.24, 2.45) is 0 Å². The average Bonchev–Trinajstić information content (AvgIpc) is 2.11. The monoisotopic (exact) mass is 240 g/mol. The van der Waals surface area contributed by atoms with Crippen LogP contribution in [-0.2, 0) is 4.74 Å². The van der Waals surface area contributed by atoms with Gasteiger partial charge in [0, 0.05) is 10.5 Å². The number of phenols is 1. The maximum atomic E-state index is 11.8. The summed E-state index contributed by atoms with van der Waals surface area (Å²) in [6, 6.07) is 3.18. The molecule has 16 heavy (non-hydrogen) atoms. The first-order valence-electron chi connectivity index (χ1n) is 4.97. The van der Waals surface area contributed by atoms with Gasteiger partial charge < -0.3 is 9.84 Å². The van der Waals surface area contributed by atoms with Crippen molar-refractivity contribution in [2.45, 2.75) is 38.2 Å². The Kier molecular flexibility index (Phi) is 3.53. The molecule has 0 spiro atoms. The summed E-state index contributed by atoms with van der Waals surface area (Å²) in [5.41, 5.74) is 0.311.